The molecule has 0 aromatic heterocycles. The maximum atomic E-state index is 5.98. The fraction of sp³-hybridized carbons (Fsp3) is 0.294. The Morgan fingerprint density at radius 1 is 0.900 bits per heavy atom. The van der Waals surface area contributed by atoms with Gasteiger partial charge in [-0.25, -0.2) is 4.90 Å². The molecule has 0 aliphatic carbocycles. The molecule has 2 fully saturated rings. The van der Waals surface area contributed by atoms with Crippen LogP contribution in [0.4, 0.5) is 5.69 Å². The van der Waals surface area contributed by atoms with Gasteiger partial charge in [0.15, 0.2) is 0 Å². The molecule has 2 aliphatic rings. The van der Waals surface area contributed by atoms with Crippen LogP contribution < -0.4 is 4.90 Å². The largest absolute Gasteiger partial charge is 0.359 e. The number of ether oxygens (including phenoxy) is 1. The van der Waals surface area contributed by atoms with Crippen LogP contribution in [0.3, 0.4) is 0 Å². The molecule has 1 unspecified atom stereocenters. The summed E-state index contributed by atoms with van der Waals surface area (Å²) in [6, 6.07) is 21.6. The number of anilines is 1. The van der Waals surface area contributed by atoms with Crippen LogP contribution in [0.15, 0.2) is 60.7 Å². The zero-order valence-electron chi connectivity index (χ0n) is 11.4. The second-order valence-corrected chi connectivity index (χ2v) is 5.43. The highest BCUT2D eigenvalue weighted by atomic mass is 16.5. The van der Waals surface area contributed by atoms with Crippen molar-refractivity contribution >= 4 is 5.69 Å². The van der Waals surface area contributed by atoms with Gasteiger partial charge in [0.25, 0.3) is 0 Å². The van der Waals surface area contributed by atoms with Crippen molar-refractivity contribution in [1.82, 2.24) is 4.90 Å². The molecule has 3 heteroatoms. The zero-order valence-corrected chi connectivity index (χ0v) is 11.4. The van der Waals surface area contributed by atoms with E-state index in [1.165, 1.54) is 11.3 Å². The molecule has 0 N–H and O–H groups in total. The summed E-state index contributed by atoms with van der Waals surface area (Å²) in [6.45, 7) is 2.69. The second-order valence-electron chi connectivity index (χ2n) is 5.43. The molecular formula is C17H18N2O. The monoisotopic (exact) mass is 266 g/mol. The second kappa shape index (κ2) is 4.93. The zero-order chi connectivity index (χ0) is 13.4. The van der Waals surface area contributed by atoms with Crippen LogP contribution in [-0.4, -0.2) is 30.9 Å². The lowest BCUT2D eigenvalue weighted by atomic mass is 10.1. The Morgan fingerprint density at radius 3 is 2.35 bits per heavy atom. The van der Waals surface area contributed by atoms with E-state index in [1.54, 1.807) is 0 Å². The maximum Gasteiger partial charge on any atom is 0.130 e. The van der Waals surface area contributed by atoms with Gasteiger partial charge in [0, 0.05) is 5.69 Å². The lowest BCUT2D eigenvalue weighted by Gasteiger charge is -2.23. The third-order valence-corrected chi connectivity index (χ3v) is 4.23. The minimum absolute atomic E-state index is 0.223. The van der Waals surface area contributed by atoms with Crippen LogP contribution in [0.25, 0.3) is 0 Å². The quantitative estimate of drug-likeness (QED) is 0.831. The number of rotatable bonds is 2. The maximum absolute atomic E-state index is 5.98. The molecule has 2 atom stereocenters. The number of hydrogen-bond donors (Lipinski definition) is 0. The average molecular weight is 266 g/mol. The summed E-state index contributed by atoms with van der Waals surface area (Å²) >= 11 is 0. The standard InChI is InChI=1S/C17H18N2O/c1-3-7-14(8-4-1)16-12-20-17-11-18(13-19(16)17)15-9-5-2-6-10-15/h1-10,16-17H,11-13H2/t16-,17?/m1/s1. The van der Waals surface area contributed by atoms with Crippen molar-refractivity contribution < 1.29 is 4.74 Å². The van der Waals surface area contributed by atoms with Crippen molar-refractivity contribution in [3.63, 3.8) is 0 Å². The van der Waals surface area contributed by atoms with E-state index in [0.29, 0.717) is 6.04 Å². The number of nitrogens with zero attached hydrogens (tertiary/aromatic N) is 2. The van der Waals surface area contributed by atoms with Crippen LogP contribution in [0.2, 0.25) is 0 Å². The van der Waals surface area contributed by atoms with Gasteiger partial charge in [-0.15, -0.1) is 0 Å². The first-order chi connectivity index (χ1) is 9.92. The first-order valence-electron chi connectivity index (χ1n) is 7.14. The molecule has 0 radical (unpaired) electrons. The topological polar surface area (TPSA) is 15.7 Å². The molecule has 0 bridgehead atoms. The van der Waals surface area contributed by atoms with Gasteiger partial charge >= 0.3 is 0 Å². The van der Waals surface area contributed by atoms with Crippen molar-refractivity contribution in [3.8, 4) is 0 Å². The molecule has 102 valence electrons. The van der Waals surface area contributed by atoms with Crippen LogP contribution in [0.5, 0.6) is 0 Å². The molecule has 2 aliphatic heterocycles. The molecule has 0 saturated carbocycles. The Balaban J connectivity index is 1.56. The van der Waals surface area contributed by atoms with Gasteiger partial charge in [-0.05, 0) is 17.7 Å². The highest BCUT2D eigenvalue weighted by Crippen LogP contribution is 2.35. The highest BCUT2D eigenvalue weighted by molar-refractivity contribution is 5.47. The third kappa shape index (κ3) is 1.99. The molecular weight excluding hydrogens is 248 g/mol. The molecule has 2 heterocycles. The number of hydrogen-bond acceptors (Lipinski definition) is 3. The Kier molecular flexibility index (Phi) is 2.94. The number of fused-ring (bicyclic) bond motifs is 1. The van der Waals surface area contributed by atoms with E-state index in [4.69, 9.17) is 4.74 Å². The van der Waals surface area contributed by atoms with Gasteiger partial charge in [-0.2, -0.15) is 0 Å². The SMILES string of the molecule is c1ccc([C@H]2COC3CN(c4ccccc4)CN32)cc1. The summed E-state index contributed by atoms with van der Waals surface area (Å²) in [5.74, 6) is 0. The third-order valence-electron chi connectivity index (χ3n) is 4.23. The molecule has 2 aromatic rings. The fourth-order valence-corrected chi connectivity index (χ4v) is 3.17. The predicted octanol–water partition coefficient (Wildman–Crippen LogP) is 2.86. The summed E-state index contributed by atoms with van der Waals surface area (Å²) in [7, 11) is 0. The Labute approximate surface area is 119 Å². The van der Waals surface area contributed by atoms with E-state index in [1.807, 2.05) is 0 Å². The van der Waals surface area contributed by atoms with E-state index in [9.17, 15) is 0 Å². The molecule has 0 spiro atoms. The Hall–Kier alpha value is -1.84. The molecule has 4 rings (SSSR count). The Morgan fingerprint density at radius 2 is 1.60 bits per heavy atom. The van der Waals surface area contributed by atoms with Crippen LogP contribution in [-0.2, 0) is 4.74 Å². The minimum atomic E-state index is 0.223. The van der Waals surface area contributed by atoms with Crippen molar-refractivity contribution in [2.24, 2.45) is 0 Å². The molecule has 0 amide bonds. The van der Waals surface area contributed by atoms with Gasteiger partial charge in [0.05, 0.1) is 25.9 Å². The summed E-state index contributed by atoms with van der Waals surface area (Å²) in [4.78, 5) is 4.85. The van der Waals surface area contributed by atoms with E-state index >= 15 is 0 Å². The van der Waals surface area contributed by atoms with Crippen molar-refractivity contribution in [1.29, 1.82) is 0 Å². The van der Waals surface area contributed by atoms with Gasteiger partial charge in [0.2, 0.25) is 0 Å². The molecule has 2 saturated heterocycles. The van der Waals surface area contributed by atoms with E-state index in [-0.39, 0.29) is 6.23 Å². The van der Waals surface area contributed by atoms with Crippen LogP contribution >= 0.6 is 0 Å². The summed E-state index contributed by atoms with van der Waals surface area (Å²) in [5.41, 5.74) is 2.63. The minimum Gasteiger partial charge on any atom is -0.359 e. The van der Waals surface area contributed by atoms with E-state index in [2.05, 4.69) is 70.5 Å². The van der Waals surface area contributed by atoms with Gasteiger partial charge in [0.1, 0.15) is 6.23 Å². The molecule has 20 heavy (non-hydrogen) atoms. The van der Waals surface area contributed by atoms with Gasteiger partial charge in [-0.1, -0.05) is 48.5 Å². The summed E-state index contributed by atoms with van der Waals surface area (Å²) in [6.07, 6.45) is 0.223. The lowest BCUT2D eigenvalue weighted by Crippen LogP contribution is -2.29. The smallest absolute Gasteiger partial charge is 0.130 e. The van der Waals surface area contributed by atoms with Crippen molar-refractivity contribution in [2.75, 3.05) is 24.7 Å². The Bertz CT molecular complexity index is 572. The predicted molar refractivity (Wildman–Crippen MR) is 79.4 cm³/mol. The first kappa shape index (κ1) is 11.9. The summed E-state index contributed by atoms with van der Waals surface area (Å²) < 4.78 is 5.98. The van der Waals surface area contributed by atoms with Crippen LogP contribution in [0.1, 0.15) is 11.6 Å². The first-order valence-corrected chi connectivity index (χ1v) is 7.14. The fourth-order valence-electron chi connectivity index (χ4n) is 3.17. The van der Waals surface area contributed by atoms with Crippen LogP contribution in [0, 0.1) is 0 Å². The van der Waals surface area contributed by atoms with Crippen molar-refractivity contribution in [3.05, 3.63) is 66.2 Å². The van der Waals surface area contributed by atoms with Crippen molar-refractivity contribution in [2.45, 2.75) is 12.3 Å². The summed E-state index contributed by atoms with van der Waals surface area (Å²) in [5, 5.41) is 0. The number of benzene rings is 2. The lowest BCUT2D eigenvalue weighted by molar-refractivity contribution is 0.0688. The normalized spacial score (nSPS) is 25.9. The van der Waals surface area contributed by atoms with Gasteiger partial charge in [-0.3, -0.25) is 0 Å². The van der Waals surface area contributed by atoms with Gasteiger partial charge < -0.3 is 9.64 Å². The molecule has 3 nitrogen and oxygen atoms in total. The number of para-hydroxylation sites is 1. The van der Waals surface area contributed by atoms with E-state index < -0.39 is 0 Å². The average Bonchev–Trinajstić information content (AvgIpc) is 3.09. The highest BCUT2D eigenvalue weighted by Gasteiger charge is 2.41. The van der Waals surface area contributed by atoms with E-state index in [0.717, 1.165) is 19.8 Å². The molecule has 2 aromatic carbocycles.